The number of halogens is 2. The van der Waals surface area contributed by atoms with Gasteiger partial charge in [-0.15, -0.1) is 10.2 Å². The lowest BCUT2D eigenvalue weighted by Gasteiger charge is -2.03. The molecule has 0 saturated heterocycles. The van der Waals surface area contributed by atoms with Crippen molar-refractivity contribution < 1.29 is 23.8 Å². The number of carbonyl (C=O) groups is 1. The molecule has 0 fully saturated rings. The third kappa shape index (κ3) is 4.53. The number of methoxy groups -OCH3 is 2. The minimum atomic E-state index is -0.894. The van der Waals surface area contributed by atoms with Crippen LogP contribution in [0.3, 0.4) is 0 Å². The normalized spacial score (nSPS) is 12.4. The molecule has 1 rings (SSSR count). The molecule has 1 aromatic carbocycles. The maximum Gasteiger partial charge on any atom is 0.362 e. The fraction of sp³-hybridized carbons (Fsp3) is 0.250. The van der Waals surface area contributed by atoms with Gasteiger partial charge in [0, 0.05) is 10.7 Å². The van der Waals surface area contributed by atoms with E-state index in [4.69, 9.17) is 0 Å². The van der Waals surface area contributed by atoms with Crippen molar-refractivity contribution >= 4 is 34.2 Å². The van der Waals surface area contributed by atoms with Gasteiger partial charge in [0.25, 0.3) is 0 Å². The lowest BCUT2D eigenvalue weighted by Crippen LogP contribution is -2.08. The number of azo groups is 1. The predicted molar refractivity (Wildman–Crippen MR) is 77.2 cm³/mol. The highest BCUT2D eigenvalue weighted by Gasteiger charge is 2.16. The Kier molecular flexibility index (Phi) is 6.52. The van der Waals surface area contributed by atoms with Crippen molar-refractivity contribution in [1.29, 1.82) is 0 Å². The van der Waals surface area contributed by atoms with E-state index in [0.717, 1.165) is 7.11 Å². The average Bonchev–Trinajstić information content (AvgIpc) is 2.41. The molecule has 108 valence electrons. The average molecular weight is 394 g/mol. The molecule has 6 nitrogen and oxygen atoms in total. The Morgan fingerprint density at radius 3 is 2.70 bits per heavy atom. The summed E-state index contributed by atoms with van der Waals surface area (Å²) >= 11 is 1.95. The lowest BCUT2D eigenvalue weighted by atomic mass is 10.3. The van der Waals surface area contributed by atoms with Crippen molar-refractivity contribution in [3.05, 3.63) is 39.0 Å². The lowest BCUT2D eigenvalue weighted by molar-refractivity contribution is -0.136. The second kappa shape index (κ2) is 7.90. The van der Waals surface area contributed by atoms with E-state index in [0.29, 0.717) is 3.57 Å². The molecule has 1 aromatic rings. The second-order valence-electron chi connectivity index (χ2n) is 3.52. The van der Waals surface area contributed by atoms with Crippen molar-refractivity contribution in [2.75, 3.05) is 20.8 Å². The van der Waals surface area contributed by atoms with Gasteiger partial charge in [0.1, 0.15) is 12.3 Å². The van der Waals surface area contributed by atoms with Crippen LogP contribution in [0.2, 0.25) is 0 Å². The second-order valence-corrected chi connectivity index (χ2v) is 4.76. The van der Waals surface area contributed by atoms with E-state index in [1.165, 1.54) is 19.2 Å². The molecule has 0 aliphatic rings. The van der Waals surface area contributed by atoms with E-state index in [2.05, 4.69) is 19.7 Å². The molecule has 0 heterocycles. The van der Waals surface area contributed by atoms with Gasteiger partial charge in [-0.2, -0.15) is 0 Å². The van der Waals surface area contributed by atoms with Crippen LogP contribution < -0.4 is 0 Å². The van der Waals surface area contributed by atoms with Crippen molar-refractivity contribution in [3.63, 3.8) is 0 Å². The number of aliphatic hydroxyl groups excluding tert-OH is 1. The van der Waals surface area contributed by atoms with Gasteiger partial charge in [0.05, 0.1) is 7.11 Å². The zero-order chi connectivity index (χ0) is 15.1. The molecule has 8 heteroatoms. The van der Waals surface area contributed by atoms with E-state index in [1.54, 1.807) is 6.07 Å². The van der Waals surface area contributed by atoms with Crippen LogP contribution in [-0.2, 0) is 14.3 Å². The van der Waals surface area contributed by atoms with Crippen molar-refractivity contribution in [2.24, 2.45) is 10.2 Å². The number of nitrogens with zero attached hydrogens (tertiary/aromatic N) is 2. The summed E-state index contributed by atoms with van der Waals surface area (Å²) in [4.78, 5) is 11.4. The molecule has 0 aromatic heterocycles. The molecule has 0 saturated carbocycles. The SMILES string of the molecule is COCC(O)=C(N=Nc1ccc(I)cc1F)C(=O)OC. The van der Waals surface area contributed by atoms with Crippen LogP contribution in [0, 0.1) is 9.39 Å². The van der Waals surface area contributed by atoms with Gasteiger partial charge >= 0.3 is 5.97 Å². The van der Waals surface area contributed by atoms with E-state index < -0.39 is 23.2 Å². The third-order valence-corrected chi connectivity index (χ3v) is 2.77. The number of aliphatic hydroxyl groups is 1. The van der Waals surface area contributed by atoms with E-state index in [-0.39, 0.29) is 12.3 Å². The molecule has 0 spiro atoms. The maximum atomic E-state index is 13.6. The number of hydrogen-bond donors (Lipinski definition) is 1. The van der Waals surface area contributed by atoms with Gasteiger partial charge in [-0.25, -0.2) is 9.18 Å². The number of esters is 1. The zero-order valence-electron chi connectivity index (χ0n) is 10.8. The summed E-state index contributed by atoms with van der Waals surface area (Å²) in [6.07, 6.45) is 0. The first-order valence-corrected chi connectivity index (χ1v) is 6.43. The number of carbonyl (C=O) groups excluding carboxylic acids is 1. The molecule has 0 amide bonds. The summed E-state index contributed by atoms with van der Waals surface area (Å²) in [5.41, 5.74) is -0.496. The Balaban J connectivity index is 3.09. The highest BCUT2D eigenvalue weighted by Crippen LogP contribution is 2.21. The van der Waals surface area contributed by atoms with Crippen LogP contribution >= 0.6 is 22.6 Å². The smallest absolute Gasteiger partial charge is 0.362 e. The van der Waals surface area contributed by atoms with Crippen molar-refractivity contribution in [3.8, 4) is 0 Å². The first-order chi connectivity index (χ1) is 9.49. The van der Waals surface area contributed by atoms with E-state index >= 15 is 0 Å². The van der Waals surface area contributed by atoms with Crippen molar-refractivity contribution in [2.45, 2.75) is 0 Å². The molecular weight excluding hydrogens is 382 g/mol. The molecule has 0 aliphatic heterocycles. The number of rotatable bonds is 5. The van der Waals surface area contributed by atoms with Gasteiger partial charge in [-0.1, -0.05) is 0 Å². The number of hydrogen-bond acceptors (Lipinski definition) is 6. The third-order valence-electron chi connectivity index (χ3n) is 2.10. The van der Waals surface area contributed by atoms with Crippen LogP contribution in [0.15, 0.2) is 39.9 Å². The topological polar surface area (TPSA) is 80.5 Å². The quantitative estimate of drug-likeness (QED) is 0.274. The Morgan fingerprint density at radius 1 is 1.45 bits per heavy atom. The zero-order valence-corrected chi connectivity index (χ0v) is 12.9. The standard InChI is InChI=1S/C12H12FIN2O4/c1-19-6-10(17)11(12(18)20-2)16-15-9-4-3-7(14)5-8(9)13/h3-5,17H,6H2,1-2H3. The van der Waals surface area contributed by atoms with Crippen LogP contribution in [-0.4, -0.2) is 31.9 Å². The Hall–Kier alpha value is -1.55. The molecule has 0 bridgehead atoms. The van der Waals surface area contributed by atoms with Crippen LogP contribution in [0.4, 0.5) is 10.1 Å². The maximum absolute atomic E-state index is 13.6. The minimum Gasteiger partial charge on any atom is -0.507 e. The van der Waals surface area contributed by atoms with Crippen molar-refractivity contribution in [1.82, 2.24) is 0 Å². The molecule has 0 radical (unpaired) electrons. The highest BCUT2D eigenvalue weighted by molar-refractivity contribution is 14.1. The summed E-state index contributed by atoms with van der Waals surface area (Å²) in [6.45, 7) is -0.237. The Labute approximate surface area is 128 Å². The number of benzene rings is 1. The van der Waals surface area contributed by atoms with Crippen LogP contribution in [0.25, 0.3) is 0 Å². The Morgan fingerprint density at radius 2 is 2.15 bits per heavy atom. The minimum absolute atomic E-state index is 0.0583. The summed E-state index contributed by atoms with van der Waals surface area (Å²) < 4.78 is 23.4. The fourth-order valence-electron chi connectivity index (χ4n) is 1.18. The highest BCUT2D eigenvalue weighted by atomic mass is 127. The summed E-state index contributed by atoms with van der Waals surface area (Å²) in [5, 5.41) is 16.7. The Bertz CT molecular complexity index is 560. The summed E-state index contributed by atoms with van der Waals surface area (Å²) in [6, 6.07) is 4.31. The largest absolute Gasteiger partial charge is 0.507 e. The molecule has 1 N–H and O–H groups in total. The molecule has 20 heavy (non-hydrogen) atoms. The number of ether oxygens (including phenoxy) is 2. The summed E-state index contributed by atoms with van der Waals surface area (Å²) in [5.74, 6) is -1.93. The molecular formula is C12H12FIN2O4. The van der Waals surface area contributed by atoms with E-state index in [1.807, 2.05) is 22.6 Å². The van der Waals surface area contributed by atoms with E-state index in [9.17, 15) is 14.3 Å². The van der Waals surface area contributed by atoms with Gasteiger partial charge < -0.3 is 14.6 Å². The van der Waals surface area contributed by atoms with Crippen LogP contribution in [0.5, 0.6) is 0 Å². The molecule has 0 aliphatic carbocycles. The monoisotopic (exact) mass is 394 g/mol. The van der Waals surface area contributed by atoms with Gasteiger partial charge in [0.15, 0.2) is 11.6 Å². The molecule has 0 unspecified atom stereocenters. The molecule has 0 atom stereocenters. The van der Waals surface area contributed by atoms with Gasteiger partial charge in [-0.3, -0.25) is 0 Å². The van der Waals surface area contributed by atoms with Gasteiger partial charge in [0.2, 0.25) is 5.70 Å². The predicted octanol–water partition coefficient (Wildman–Crippen LogP) is 3.10. The van der Waals surface area contributed by atoms with Crippen LogP contribution in [0.1, 0.15) is 0 Å². The first kappa shape index (κ1) is 16.5. The summed E-state index contributed by atoms with van der Waals surface area (Å²) in [7, 11) is 2.46. The fourth-order valence-corrected chi connectivity index (χ4v) is 1.64. The first-order valence-electron chi connectivity index (χ1n) is 5.35. The van der Waals surface area contributed by atoms with Gasteiger partial charge in [-0.05, 0) is 40.8 Å².